The number of ether oxygens (including phenoxy) is 2. The van der Waals surface area contributed by atoms with Gasteiger partial charge in [-0.25, -0.2) is 9.37 Å². The molecule has 0 saturated carbocycles. The summed E-state index contributed by atoms with van der Waals surface area (Å²) in [5.41, 5.74) is 1.88. The van der Waals surface area contributed by atoms with E-state index in [0.717, 1.165) is 5.69 Å². The van der Waals surface area contributed by atoms with Crippen LogP contribution >= 0.6 is 0 Å². The zero-order valence-electron chi connectivity index (χ0n) is 13.4. The molecule has 0 spiro atoms. The molecule has 0 bridgehead atoms. The number of hydrogen-bond acceptors (Lipinski definition) is 5. The van der Waals surface area contributed by atoms with E-state index in [1.165, 1.54) is 7.11 Å². The number of pyridine rings is 1. The van der Waals surface area contributed by atoms with Crippen molar-refractivity contribution in [2.45, 2.75) is 13.5 Å². The summed E-state index contributed by atoms with van der Waals surface area (Å²) in [5, 5.41) is 0. The third-order valence-electron chi connectivity index (χ3n) is 3.38. The highest BCUT2D eigenvalue weighted by Crippen LogP contribution is 2.28. The van der Waals surface area contributed by atoms with Crippen molar-refractivity contribution in [1.29, 1.82) is 0 Å². The van der Waals surface area contributed by atoms with Crippen LogP contribution in [0.5, 0.6) is 11.6 Å². The monoisotopic (exact) mass is 325 g/mol. The third kappa shape index (κ3) is 3.48. The van der Waals surface area contributed by atoms with E-state index in [2.05, 4.69) is 15.0 Å². The van der Waals surface area contributed by atoms with Gasteiger partial charge in [0.25, 0.3) is 0 Å². The topological polar surface area (TPSA) is 57.1 Å². The van der Waals surface area contributed by atoms with Gasteiger partial charge in [-0.1, -0.05) is 18.2 Å². The lowest BCUT2D eigenvalue weighted by Gasteiger charge is -2.10. The summed E-state index contributed by atoms with van der Waals surface area (Å²) < 4.78 is 25.3. The average molecular weight is 325 g/mol. The second-order valence-electron chi connectivity index (χ2n) is 5.12. The first-order valence-corrected chi connectivity index (χ1v) is 7.37. The molecule has 0 fully saturated rings. The van der Waals surface area contributed by atoms with Crippen molar-refractivity contribution in [3.8, 4) is 22.8 Å². The zero-order valence-corrected chi connectivity index (χ0v) is 13.4. The maximum absolute atomic E-state index is 14.7. The molecule has 0 N–H and O–H groups in total. The molecule has 0 aliphatic rings. The van der Waals surface area contributed by atoms with Gasteiger partial charge in [0.2, 0.25) is 5.88 Å². The van der Waals surface area contributed by atoms with Crippen molar-refractivity contribution in [1.82, 2.24) is 15.0 Å². The first-order valence-electron chi connectivity index (χ1n) is 7.37. The molecule has 122 valence electrons. The first-order chi connectivity index (χ1) is 11.7. The molecule has 0 aliphatic heterocycles. The van der Waals surface area contributed by atoms with E-state index in [-0.39, 0.29) is 12.4 Å². The molecule has 2 aromatic heterocycles. The molecular formula is C18H16FN3O2. The number of hydrogen-bond donors (Lipinski definition) is 0. The quantitative estimate of drug-likeness (QED) is 0.718. The van der Waals surface area contributed by atoms with Crippen molar-refractivity contribution in [3.63, 3.8) is 0 Å². The van der Waals surface area contributed by atoms with Crippen molar-refractivity contribution in [2.75, 3.05) is 7.11 Å². The molecule has 0 unspecified atom stereocenters. The Hall–Kier alpha value is -3.02. The van der Waals surface area contributed by atoms with Gasteiger partial charge >= 0.3 is 0 Å². The van der Waals surface area contributed by atoms with Gasteiger partial charge in [0, 0.05) is 35.3 Å². The third-order valence-corrected chi connectivity index (χ3v) is 3.38. The van der Waals surface area contributed by atoms with Crippen LogP contribution < -0.4 is 9.47 Å². The summed E-state index contributed by atoms with van der Waals surface area (Å²) in [5.74, 6) is 0.578. The van der Waals surface area contributed by atoms with Gasteiger partial charge in [-0.3, -0.25) is 4.98 Å². The highest BCUT2D eigenvalue weighted by atomic mass is 19.1. The fourth-order valence-corrected chi connectivity index (χ4v) is 2.28. The van der Waals surface area contributed by atoms with E-state index in [1.807, 2.05) is 6.92 Å². The average Bonchev–Trinajstić information content (AvgIpc) is 2.61. The normalized spacial score (nSPS) is 10.5. The van der Waals surface area contributed by atoms with Gasteiger partial charge in [0.15, 0.2) is 17.4 Å². The number of rotatable bonds is 5. The number of methoxy groups -OCH3 is 1. The zero-order chi connectivity index (χ0) is 16.9. The minimum absolute atomic E-state index is 0.0471. The molecule has 2 heterocycles. The van der Waals surface area contributed by atoms with Crippen LogP contribution in [0.3, 0.4) is 0 Å². The van der Waals surface area contributed by atoms with Crippen LogP contribution in [0.2, 0.25) is 0 Å². The first kappa shape index (κ1) is 15.9. The van der Waals surface area contributed by atoms with Crippen LogP contribution in [0.15, 0.2) is 48.8 Å². The Morgan fingerprint density at radius 3 is 2.75 bits per heavy atom. The summed E-state index contributed by atoms with van der Waals surface area (Å²) in [6.45, 7) is 1.88. The summed E-state index contributed by atoms with van der Waals surface area (Å²) in [7, 11) is 1.53. The molecule has 0 amide bonds. The smallest absolute Gasteiger partial charge is 0.216 e. The van der Waals surface area contributed by atoms with Gasteiger partial charge in [-0.2, -0.15) is 4.98 Å². The maximum Gasteiger partial charge on any atom is 0.216 e. The number of aryl methyl sites for hydroxylation is 1. The van der Waals surface area contributed by atoms with Gasteiger partial charge in [-0.15, -0.1) is 0 Å². The molecule has 0 aliphatic carbocycles. The number of aromatic nitrogens is 3. The van der Waals surface area contributed by atoms with E-state index in [1.54, 1.807) is 48.8 Å². The largest absolute Gasteiger partial charge is 0.483 e. The van der Waals surface area contributed by atoms with Gasteiger partial charge in [0.05, 0.1) is 7.11 Å². The Labute approximate surface area is 139 Å². The molecular weight excluding hydrogens is 309 g/mol. The molecule has 5 nitrogen and oxygen atoms in total. The van der Waals surface area contributed by atoms with E-state index in [4.69, 9.17) is 9.47 Å². The van der Waals surface area contributed by atoms with E-state index < -0.39 is 5.82 Å². The highest BCUT2D eigenvalue weighted by Gasteiger charge is 2.12. The fourth-order valence-electron chi connectivity index (χ4n) is 2.28. The minimum Gasteiger partial charge on any atom is -0.483 e. The number of nitrogens with zero attached hydrogens (tertiary/aromatic N) is 3. The molecule has 24 heavy (non-hydrogen) atoms. The highest BCUT2D eigenvalue weighted by molar-refractivity contribution is 5.65. The molecule has 1 aromatic carbocycles. The van der Waals surface area contributed by atoms with Crippen LogP contribution in [0.1, 0.15) is 11.5 Å². The molecule has 6 heteroatoms. The fraction of sp³-hybridized carbons (Fsp3) is 0.167. The predicted octanol–water partition coefficient (Wildman–Crippen LogP) is 3.57. The van der Waals surface area contributed by atoms with Crippen LogP contribution in [0.25, 0.3) is 11.1 Å². The number of benzene rings is 1. The van der Waals surface area contributed by atoms with Crippen molar-refractivity contribution < 1.29 is 13.9 Å². The molecule has 0 saturated heterocycles. The Morgan fingerprint density at radius 2 is 2.00 bits per heavy atom. The predicted molar refractivity (Wildman–Crippen MR) is 87.3 cm³/mol. The number of halogens is 1. The van der Waals surface area contributed by atoms with E-state index >= 15 is 0 Å². The molecule has 0 radical (unpaired) electrons. The molecule has 3 rings (SSSR count). The SMILES string of the molecule is COc1cc(C)nc(COc2cccc(-c3cccnc3)c2F)n1. The van der Waals surface area contributed by atoms with Crippen molar-refractivity contribution >= 4 is 0 Å². The van der Waals surface area contributed by atoms with E-state index in [0.29, 0.717) is 22.8 Å². The molecule has 0 atom stereocenters. The van der Waals surface area contributed by atoms with Crippen LogP contribution in [-0.4, -0.2) is 22.1 Å². The summed E-state index contributed by atoms with van der Waals surface area (Å²) in [4.78, 5) is 12.5. The van der Waals surface area contributed by atoms with E-state index in [9.17, 15) is 4.39 Å². The lowest BCUT2D eigenvalue weighted by molar-refractivity contribution is 0.278. The Kier molecular flexibility index (Phi) is 4.65. The summed E-state index contributed by atoms with van der Waals surface area (Å²) in [6, 6.07) is 10.3. The van der Waals surface area contributed by atoms with Gasteiger partial charge in [-0.05, 0) is 19.1 Å². The Balaban J connectivity index is 1.83. The standard InChI is InChI=1S/C18H16FN3O2/c1-12-9-17(23-2)22-16(21-12)11-24-15-7-3-6-14(18(15)19)13-5-4-8-20-10-13/h3-10H,11H2,1-2H3. The second-order valence-corrected chi connectivity index (χ2v) is 5.12. The minimum atomic E-state index is -0.440. The van der Waals surface area contributed by atoms with Crippen LogP contribution in [0, 0.1) is 12.7 Å². The van der Waals surface area contributed by atoms with Crippen LogP contribution in [-0.2, 0) is 6.61 Å². The van der Waals surface area contributed by atoms with Crippen LogP contribution in [0.4, 0.5) is 4.39 Å². The summed E-state index contributed by atoms with van der Waals surface area (Å²) >= 11 is 0. The maximum atomic E-state index is 14.7. The molecule has 3 aromatic rings. The van der Waals surface area contributed by atoms with Crippen molar-refractivity contribution in [3.05, 3.63) is 66.1 Å². The van der Waals surface area contributed by atoms with Gasteiger partial charge < -0.3 is 9.47 Å². The van der Waals surface area contributed by atoms with Crippen molar-refractivity contribution in [2.24, 2.45) is 0 Å². The Morgan fingerprint density at radius 1 is 1.12 bits per heavy atom. The lowest BCUT2D eigenvalue weighted by atomic mass is 10.1. The van der Waals surface area contributed by atoms with Gasteiger partial charge in [0.1, 0.15) is 6.61 Å². The lowest BCUT2D eigenvalue weighted by Crippen LogP contribution is -2.05. The summed E-state index contributed by atoms with van der Waals surface area (Å²) in [6.07, 6.45) is 3.25. The second kappa shape index (κ2) is 7.04. The Bertz CT molecular complexity index is 841.